The van der Waals surface area contributed by atoms with Crippen molar-refractivity contribution in [3.8, 4) is 5.75 Å². The van der Waals surface area contributed by atoms with Crippen molar-refractivity contribution >= 4 is 29.3 Å². The van der Waals surface area contributed by atoms with Gasteiger partial charge in [0.2, 0.25) is 11.8 Å². The Morgan fingerprint density at radius 3 is 2.50 bits per heavy atom. The van der Waals surface area contributed by atoms with Crippen LogP contribution in [0.25, 0.3) is 0 Å². The number of hydrogen-bond acceptors (Lipinski definition) is 6. The van der Waals surface area contributed by atoms with Gasteiger partial charge in [0.25, 0.3) is 5.91 Å². The maximum Gasteiger partial charge on any atom is 0.255 e. The van der Waals surface area contributed by atoms with E-state index in [-0.39, 0.29) is 24.8 Å². The van der Waals surface area contributed by atoms with Crippen LogP contribution in [0.1, 0.15) is 39.9 Å². The Labute approximate surface area is 202 Å². The van der Waals surface area contributed by atoms with Crippen LogP contribution in [0, 0.1) is 0 Å². The Kier molecular flexibility index (Phi) is 6.54. The number of imide groups is 1. The summed E-state index contributed by atoms with van der Waals surface area (Å²) in [5.74, 6) is -0.547. The van der Waals surface area contributed by atoms with Gasteiger partial charge in [0, 0.05) is 37.2 Å². The molecule has 2 saturated heterocycles. The Morgan fingerprint density at radius 1 is 1.03 bits per heavy atom. The van der Waals surface area contributed by atoms with Gasteiger partial charge in [-0.1, -0.05) is 35.9 Å². The molecule has 0 aromatic heterocycles. The highest BCUT2D eigenvalue weighted by molar-refractivity contribution is 6.32. The van der Waals surface area contributed by atoms with E-state index in [0.29, 0.717) is 34.9 Å². The van der Waals surface area contributed by atoms with E-state index in [1.165, 1.54) is 10.5 Å². The van der Waals surface area contributed by atoms with Crippen molar-refractivity contribution in [2.45, 2.75) is 38.6 Å². The number of fused-ring (bicyclic) bond motifs is 1. The fourth-order valence-corrected chi connectivity index (χ4v) is 4.89. The number of nitrogens with one attached hydrogen (secondary N) is 1. The molecule has 3 aliphatic heterocycles. The van der Waals surface area contributed by atoms with Crippen LogP contribution in [0.3, 0.4) is 0 Å². The van der Waals surface area contributed by atoms with Gasteiger partial charge in [-0.3, -0.25) is 24.6 Å². The molecule has 178 valence electrons. The number of halogens is 1. The van der Waals surface area contributed by atoms with E-state index in [1.807, 2.05) is 12.1 Å². The molecule has 1 unspecified atom stereocenters. The molecule has 9 heteroatoms. The lowest BCUT2D eigenvalue weighted by molar-refractivity contribution is -0.136. The maximum atomic E-state index is 13.0. The zero-order chi connectivity index (χ0) is 23.7. The third kappa shape index (κ3) is 4.66. The highest BCUT2D eigenvalue weighted by atomic mass is 35.5. The smallest absolute Gasteiger partial charge is 0.255 e. The standard InChI is InChI=1S/C25H26ClN3O5/c26-20-6-5-18-19(14-29(25(18)32)21-7-8-22(30)27-24(21)31)23(20)34-15-17-3-1-16(2-4-17)13-28-9-11-33-12-10-28/h1-6,21H,7-15H2,(H,27,30,31). The van der Waals surface area contributed by atoms with Gasteiger partial charge in [-0.25, -0.2) is 0 Å². The first-order valence-electron chi connectivity index (χ1n) is 11.5. The number of carbonyl (C=O) groups excluding carboxylic acids is 3. The first kappa shape index (κ1) is 22.8. The number of piperidine rings is 1. The fourth-order valence-electron chi connectivity index (χ4n) is 4.65. The number of nitrogens with zero attached hydrogens (tertiary/aromatic N) is 2. The molecule has 5 rings (SSSR count). The summed E-state index contributed by atoms with van der Waals surface area (Å²) in [5.41, 5.74) is 3.37. The Balaban J connectivity index is 1.27. The van der Waals surface area contributed by atoms with Crippen molar-refractivity contribution in [3.63, 3.8) is 0 Å². The number of amides is 3. The van der Waals surface area contributed by atoms with Crippen LogP contribution >= 0.6 is 11.6 Å². The second-order valence-corrected chi connectivity index (χ2v) is 9.20. The van der Waals surface area contributed by atoms with Gasteiger partial charge in [0.05, 0.1) is 24.8 Å². The zero-order valence-corrected chi connectivity index (χ0v) is 19.5. The normalized spacial score (nSPS) is 20.9. The minimum atomic E-state index is -0.678. The molecule has 0 aliphatic carbocycles. The molecule has 2 fully saturated rings. The molecule has 34 heavy (non-hydrogen) atoms. The molecule has 8 nitrogen and oxygen atoms in total. The van der Waals surface area contributed by atoms with Crippen molar-refractivity contribution < 1.29 is 23.9 Å². The van der Waals surface area contributed by atoms with Crippen LogP contribution in [-0.4, -0.2) is 59.9 Å². The third-order valence-corrected chi connectivity index (χ3v) is 6.83. The largest absolute Gasteiger partial charge is 0.487 e. The first-order valence-corrected chi connectivity index (χ1v) is 11.8. The molecule has 2 aromatic rings. The van der Waals surface area contributed by atoms with Crippen molar-refractivity contribution in [1.29, 1.82) is 0 Å². The second-order valence-electron chi connectivity index (χ2n) is 8.80. The van der Waals surface area contributed by atoms with E-state index in [1.54, 1.807) is 12.1 Å². The average molecular weight is 484 g/mol. The predicted octanol–water partition coefficient (Wildman–Crippen LogP) is 2.51. The second kappa shape index (κ2) is 9.74. The lowest BCUT2D eigenvalue weighted by Crippen LogP contribution is -2.52. The Bertz CT molecular complexity index is 1110. The summed E-state index contributed by atoms with van der Waals surface area (Å²) >= 11 is 6.44. The van der Waals surface area contributed by atoms with Crippen LogP contribution in [0.15, 0.2) is 36.4 Å². The number of carbonyl (C=O) groups is 3. The quantitative estimate of drug-likeness (QED) is 0.635. The lowest BCUT2D eigenvalue weighted by Gasteiger charge is -2.29. The summed E-state index contributed by atoms with van der Waals surface area (Å²) in [4.78, 5) is 40.7. The zero-order valence-electron chi connectivity index (χ0n) is 18.7. The molecular weight excluding hydrogens is 458 g/mol. The molecule has 0 saturated carbocycles. The summed E-state index contributed by atoms with van der Waals surface area (Å²) in [6.07, 6.45) is 0.521. The molecule has 1 N–H and O–H groups in total. The number of ether oxygens (including phenoxy) is 2. The van der Waals surface area contributed by atoms with Crippen LogP contribution in [0.2, 0.25) is 5.02 Å². The third-order valence-electron chi connectivity index (χ3n) is 6.53. The van der Waals surface area contributed by atoms with Crippen LogP contribution in [0.5, 0.6) is 5.75 Å². The van der Waals surface area contributed by atoms with Crippen molar-refractivity contribution in [2.75, 3.05) is 26.3 Å². The van der Waals surface area contributed by atoms with Crippen LogP contribution < -0.4 is 10.1 Å². The number of rotatable bonds is 6. The van der Waals surface area contributed by atoms with Gasteiger partial charge < -0.3 is 14.4 Å². The van der Waals surface area contributed by atoms with E-state index in [0.717, 1.165) is 38.4 Å². The molecular formula is C25H26ClN3O5. The molecule has 0 bridgehead atoms. The first-order chi connectivity index (χ1) is 16.5. The molecule has 3 heterocycles. The predicted molar refractivity (Wildman–Crippen MR) is 124 cm³/mol. The van der Waals surface area contributed by atoms with E-state index >= 15 is 0 Å². The maximum absolute atomic E-state index is 13.0. The van der Waals surface area contributed by atoms with Crippen molar-refractivity contribution in [1.82, 2.24) is 15.1 Å². The summed E-state index contributed by atoms with van der Waals surface area (Å²) in [7, 11) is 0. The van der Waals surface area contributed by atoms with Gasteiger partial charge in [-0.15, -0.1) is 0 Å². The highest BCUT2D eigenvalue weighted by Gasteiger charge is 2.40. The summed E-state index contributed by atoms with van der Waals surface area (Å²) in [5, 5.41) is 2.74. The monoisotopic (exact) mass is 483 g/mol. The van der Waals surface area contributed by atoms with Gasteiger partial charge in [-0.2, -0.15) is 0 Å². The minimum absolute atomic E-state index is 0.210. The van der Waals surface area contributed by atoms with Crippen molar-refractivity contribution in [3.05, 3.63) is 63.7 Å². The summed E-state index contributed by atoms with van der Waals surface area (Å²) in [6.45, 7) is 4.85. The molecule has 3 aliphatic rings. The van der Waals surface area contributed by atoms with Crippen LogP contribution in [-0.2, 0) is 34.0 Å². The molecule has 1 atom stereocenters. The minimum Gasteiger partial charge on any atom is -0.487 e. The van der Waals surface area contributed by atoms with Gasteiger partial charge in [0.15, 0.2) is 0 Å². The molecule has 2 aromatic carbocycles. The number of benzene rings is 2. The summed E-state index contributed by atoms with van der Waals surface area (Å²) in [6, 6.07) is 10.9. The lowest BCUT2D eigenvalue weighted by atomic mass is 10.0. The van der Waals surface area contributed by atoms with E-state index < -0.39 is 11.9 Å². The highest BCUT2D eigenvalue weighted by Crippen LogP contribution is 2.38. The average Bonchev–Trinajstić information content (AvgIpc) is 3.16. The van der Waals surface area contributed by atoms with E-state index in [2.05, 4.69) is 22.3 Å². The van der Waals surface area contributed by atoms with Crippen molar-refractivity contribution in [2.24, 2.45) is 0 Å². The topological polar surface area (TPSA) is 88.2 Å². The van der Waals surface area contributed by atoms with E-state index in [4.69, 9.17) is 21.1 Å². The van der Waals surface area contributed by atoms with Gasteiger partial charge in [0.1, 0.15) is 18.4 Å². The number of hydrogen-bond donors (Lipinski definition) is 1. The molecule has 0 spiro atoms. The van der Waals surface area contributed by atoms with Gasteiger partial charge in [-0.05, 0) is 29.7 Å². The Hall–Kier alpha value is -2.94. The number of morpholine rings is 1. The fraction of sp³-hybridized carbons (Fsp3) is 0.400. The Morgan fingerprint density at radius 2 is 1.76 bits per heavy atom. The summed E-state index contributed by atoms with van der Waals surface area (Å²) < 4.78 is 11.5. The van der Waals surface area contributed by atoms with Gasteiger partial charge >= 0.3 is 0 Å². The SMILES string of the molecule is O=C1CCC(N2Cc3c(ccc(Cl)c3OCc3ccc(CN4CCOCC4)cc3)C2=O)C(=O)N1. The molecule has 0 radical (unpaired) electrons. The molecule has 3 amide bonds. The van der Waals surface area contributed by atoms with Crippen LogP contribution in [0.4, 0.5) is 0 Å². The van der Waals surface area contributed by atoms with E-state index in [9.17, 15) is 14.4 Å².